The number of benzene rings is 1. The van der Waals surface area contributed by atoms with Crippen LogP contribution >= 0.6 is 11.6 Å². The smallest absolute Gasteiger partial charge is 0.479 e. The number of aliphatic carboxylic acids is 1. The fraction of sp³-hybridized carbons (Fsp3) is 0.435. The average molecular weight is 606 g/mol. The van der Waals surface area contributed by atoms with E-state index in [1.807, 2.05) is 0 Å². The van der Waals surface area contributed by atoms with Crippen LogP contribution in [0.4, 0.5) is 23.4 Å². The second-order valence-corrected chi connectivity index (χ2v) is 9.54. The van der Waals surface area contributed by atoms with Gasteiger partial charge in [0.15, 0.2) is 29.5 Å². The molecule has 3 aromatic rings. The highest BCUT2D eigenvalue weighted by Crippen LogP contribution is 2.58. The van der Waals surface area contributed by atoms with Crippen LogP contribution in [0.25, 0.3) is 11.2 Å². The molecule has 41 heavy (non-hydrogen) atoms. The number of carbonyl (C=O) groups is 2. The van der Waals surface area contributed by atoms with Crippen LogP contribution in [0.1, 0.15) is 18.7 Å². The summed E-state index contributed by atoms with van der Waals surface area (Å²) in [6, 6.07) is 3.97. The van der Waals surface area contributed by atoms with Crippen molar-refractivity contribution in [1.82, 2.24) is 19.5 Å². The van der Waals surface area contributed by atoms with Crippen LogP contribution in [0.15, 0.2) is 30.6 Å². The maximum atomic E-state index is 15.7. The lowest BCUT2D eigenvalue weighted by Crippen LogP contribution is -2.54. The Kier molecular flexibility index (Phi) is 6.96. The van der Waals surface area contributed by atoms with Crippen LogP contribution in [0.3, 0.4) is 0 Å². The van der Waals surface area contributed by atoms with Crippen molar-refractivity contribution >= 4 is 40.5 Å². The average Bonchev–Trinajstić information content (AvgIpc) is 3.12. The molecule has 4 N–H and O–H groups in total. The summed E-state index contributed by atoms with van der Waals surface area (Å²) in [5.41, 5.74) is 0.652. The van der Waals surface area contributed by atoms with E-state index in [0.717, 1.165) is 35.2 Å². The molecule has 1 aromatic carbocycles. The molecule has 2 fully saturated rings. The molecular weight excluding hydrogens is 586 g/mol. The van der Waals surface area contributed by atoms with Gasteiger partial charge >= 0.3 is 18.3 Å². The number of nitrogens with zero attached hydrogens (tertiary/aromatic N) is 4. The first kappa shape index (κ1) is 28.7. The summed E-state index contributed by atoms with van der Waals surface area (Å²) in [5, 5.41) is 20.9. The van der Waals surface area contributed by atoms with Crippen LogP contribution in [0.5, 0.6) is 5.75 Å². The third-order valence-electron chi connectivity index (χ3n) is 6.64. The molecule has 3 heterocycles. The first-order chi connectivity index (χ1) is 19.2. The highest BCUT2D eigenvalue weighted by molar-refractivity contribution is 6.28. The number of aliphatic hydroxyl groups is 1. The van der Waals surface area contributed by atoms with Gasteiger partial charge in [0.05, 0.1) is 12.9 Å². The number of hydrogen-bond acceptors (Lipinski definition) is 11. The lowest BCUT2D eigenvalue weighted by molar-refractivity contribution is -0.274. The summed E-state index contributed by atoms with van der Waals surface area (Å²) in [4.78, 5) is 37.1. The van der Waals surface area contributed by atoms with E-state index in [1.165, 1.54) is 6.92 Å². The Morgan fingerprint density at radius 2 is 1.93 bits per heavy atom. The number of rotatable bonds is 9. The van der Waals surface area contributed by atoms with Gasteiger partial charge < -0.3 is 34.9 Å². The summed E-state index contributed by atoms with van der Waals surface area (Å²) in [6.45, 7) is 1.13. The van der Waals surface area contributed by atoms with E-state index in [9.17, 15) is 33.0 Å². The molecular formula is C23H20ClF4N5O8. The predicted octanol–water partition coefficient (Wildman–Crippen LogP) is 1.96. The van der Waals surface area contributed by atoms with Gasteiger partial charge in [0.2, 0.25) is 5.28 Å². The van der Waals surface area contributed by atoms with Crippen molar-refractivity contribution in [2.75, 3.05) is 12.3 Å². The quantitative estimate of drug-likeness (QED) is 0.140. The molecule has 1 aliphatic carbocycles. The van der Waals surface area contributed by atoms with Crippen LogP contribution in [-0.2, 0) is 30.2 Å². The molecule has 2 aromatic heterocycles. The number of halogens is 5. The zero-order valence-corrected chi connectivity index (χ0v) is 21.5. The lowest BCUT2D eigenvalue weighted by Gasteiger charge is -2.30. The number of carboxylic acid groups (broad SMARTS) is 1. The summed E-state index contributed by atoms with van der Waals surface area (Å²) < 4.78 is 74.2. The van der Waals surface area contributed by atoms with Crippen molar-refractivity contribution in [2.45, 2.75) is 55.5 Å². The highest BCUT2D eigenvalue weighted by Gasteiger charge is 2.80. The number of carboxylic acids is 1. The molecule has 1 aliphatic heterocycles. The zero-order chi connectivity index (χ0) is 29.9. The van der Waals surface area contributed by atoms with E-state index in [2.05, 4.69) is 19.7 Å². The van der Waals surface area contributed by atoms with E-state index in [0.29, 0.717) is 0 Å². The van der Waals surface area contributed by atoms with E-state index in [1.54, 1.807) is 0 Å². The summed E-state index contributed by atoms with van der Waals surface area (Å²) >= 11 is 5.84. The maximum absolute atomic E-state index is 15.7. The van der Waals surface area contributed by atoms with Crippen molar-refractivity contribution in [3.63, 3.8) is 0 Å². The number of imidazole rings is 1. The number of anilines is 1. The Balaban J connectivity index is 1.40. The number of hydrogen-bond donors (Lipinski definition) is 3. The number of esters is 1. The standard InChI is InChI=1S/C23H20ClF4N5O8/c1-2-38-19(36)21(18(34)35,7-9-3-5-10(6-4-9)40-23(26,27)28)41-14-13-22(14,37)12(25)17(39-13)33-8-30-11-15(29)31-20(24)32-16(11)33/h3-6,8,12-14,17,37H,2,7H2,1H3,(H,34,35)(H2,29,31,32)/t12-,13-,14?,17-,21-,22+/m1/s1. The fourth-order valence-corrected chi connectivity index (χ4v) is 4.84. The molecule has 1 saturated heterocycles. The number of aromatic nitrogens is 4. The molecule has 0 radical (unpaired) electrons. The summed E-state index contributed by atoms with van der Waals surface area (Å²) in [6.07, 6.45) is -11.4. The molecule has 0 bridgehead atoms. The minimum Gasteiger partial charge on any atom is -0.479 e. The number of nitrogen functional groups attached to an aromatic ring is 1. The van der Waals surface area contributed by atoms with Gasteiger partial charge in [-0.05, 0) is 36.2 Å². The molecule has 18 heteroatoms. The Bertz CT molecular complexity index is 1510. The van der Waals surface area contributed by atoms with Crippen LogP contribution in [0, 0.1) is 0 Å². The fourth-order valence-electron chi connectivity index (χ4n) is 4.67. The highest BCUT2D eigenvalue weighted by atomic mass is 35.5. The monoisotopic (exact) mass is 605 g/mol. The van der Waals surface area contributed by atoms with Gasteiger partial charge in [-0.1, -0.05) is 12.1 Å². The van der Waals surface area contributed by atoms with E-state index < -0.39 is 66.3 Å². The Morgan fingerprint density at radius 1 is 1.24 bits per heavy atom. The number of ether oxygens (including phenoxy) is 4. The van der Waals surface area contributed by atoms with Gasteiger partial charge in [-0.25, -0.2) is 19.0 Å². The van der Waals surface area contributed by atoms with E-state index in [4.69, 9.17) is 31.5 Å². The van der Waals surface area contributed by atoms with Crippen LogP contribution in [-0.4, -0.2) is 84.2 Å². The lowest BCUT2D eigenvalue weighted by atomic mass is 9.94. The van der Waals surface area contributed by atoms with Crippen molar-refractivity contribution in [1.29, 1.82) is 0 Å². The van der Waals surface area contributed by atoms with Gasteiger partial charge in [0.1, 0.15) is 23.5 Å². The largest absolute Gasteiger partial charge is 0.573 e. The molecule has 13 nitrogen and oxygen atoms in total. The normalized spacial score (nSPS) is 26.8. The number of alkyl halides is 4. The molecule has 0 spiro atoms. The van der Waals surface area contributed by atoms with Gasteiger partial charge in [0, 0.05) is 6.42 Å². The molecule has 1 saturated carbocycles. The topological polar surface area (TPSA) is 181 Å². The van der Waals surface area contributed by atoms with Gasteiger partial charge in [-0.15, -0.1) is 13.2 Å². The molecule has 6 atom stereocenters. The van der Waals surface area contributed by atoms with Gasteiger partial charge in [-0.2, -0.15) is 9.97 Å². The third kappa shape index (κ3) is 4.87. The van der Waals surface area contributed by atoms with Crippen molar-refractivity contribution in [3.05, 3.63) is 41.4 Å². The van der Waals surface area contributed by atoms with Crippen molar-refractivity contribution in [3.8, 4) is 5.75 Å². The van der Waals surface area contributed by atoms with E-state index >= 15 is 4.39 Å². The number of fused-ring (bicyclic) bond motifs is 2. The van der Waals surface area contributed by atoms with Crippen molar-refractivity contribution < 1.29 is 56.3 Å². The molecule has 5 rings (SSSR count). The minimum absolute atomic E-state index is 0.00174. The predicted molar refractivity (Wildman–Crippen MR) is 127 cm³/mol. The van der Waals surface area contributed by atoms with Gasteiger partial charge in [-0.3, -0.25) is 4.57 Å². The molecule has 0 amide bonds. The number of nitrogens with two attached hydrogens (primary N) is 1. The van der Waals surface area contributed by atoms with E-state index in [-0.39, 0.29) is 34.4 Å². The van der Waals surface area contributed by atoms with Crippen LogP contribution < -0.4 is 10.5 Å². The second-order valence-electron chi connectivity index (χ2n) is 9.20. The first-order valence-corrected chi connectivity index (χ1v) is 12.2. The number of carbonyl (C=O) groups excluding carboxylic acids is 1. The van der Waals surface area contributed by atoms with Crippen LogP contribution in [0.2, 0.25) is 5.28 Å². The van der Waals surface area contributed by atoms with Crippen molar-refractivity contribution in [2.24, 2.45) is 0 Å². The third-order valence-corrected chi connectivity index (χ3v) is 6.81. The first-order valence-electron chi connectivity index (χ1n) is 11.8. The Hall–Kier alpha value is -3.80. The summed E-state index contributed by atoms with van der Waals surface area (Å²) in [7, 11) is 0. The maximum Gasteiger partial charge on any atom is 0.573 e. The second kappa shape index (κ2) is 9.93. The minimum atomic E-state index is -4.96. The molecule has 220 valence electrons. The van der Waals surface area contributed by atoms with Gasteiger partial charge in [0.25, 0.3) is 5.60 Å². The Morgan fingerprint density at radius 3 is 2.49 bits per heavy atom. The zero-order valence-electron chi connectivity index (χ0n) is 20.7. The SMILES string of the molecule is CCOC(=O)[C@](Cc1ccc(OC(F)(F)F)cc1)(OC1[C@H]2O[C@@H](n3cnc4c(N)nc(Cl)nc43)[C@@H](F)[C@@]12O)C(=O)O. The summed E-state index contributed by atoms with van der Waals surface area (Å²) in [5.74, 6) is -3.91. The molecule has 2 aliphatic rings. The molecule has 1 unspecified atom stereocenters. The Labute approximate surface area is 231 Å².